The number of hydrogen-bond donors (Lipinski definition) is 2. The van der Waals surface area contributed by atoms with E-state index in [2.05, 4.69) is 46.7 Å². The van der Waals surface area contributed by atoms with Crippen LogP contribution in [0.15, 0.2) is 40.2 Å². The van der Waals surface area contributed by atoms with Crippen LogP contribution in [0.1, 0.15) is 23.4 Å². The van der Waals surface area contributed by atoms with Crippen LogP contribution < -0.4 is 10.6 Å². The van der Waals surface area contributed by atoms with E-state index >= 15 is 0 Å². The van der Waals surface area contributed by atoms with Gasteiger partial charge in [-0.3, -0.25) is 9.48 Å². The molecule has 0 radical (unpaired) electrons. The molecular weight excluding hydrogens is 523 g/mol. The molecule has 2 aromatic rings. The highest BCUT2D eigenvalue weighted by Crippen LogP contribution is 2.16. The maximum atomic E-state index is 11.9. The van der Waals surface area contributed by atoms with Gasteiger partial charge in [0, 0.05) is 50.6 Å². The third kappa shape index (κ3) is 9.51. The lowest BCUT2D eigenvalue weighted by Gasteiger charge is -2.14. The fourth-order valence-corrected chi connectivity index (χ4v) is 3.76. The monoisotopic (exact) mass is 558 g/mol. The number of nitrogens with one attached hydrogen (secondary N) is 2. The van der Waals surface area contributed by atoms with E-state index in [0.29, 0.717) is 5.96 Å². The van der Waals surface area contributed by atoms with Crippen LogP contribution in [0, 0.1) is 13.8 Å². The SMILES string of the molecule is Cc1nn(C)c(C)c1CCCNC(=NCC(=O)N(C)C)NCCSc1ccccc1.I. The summed E-state index contributed by atoms with van der Waals surface area (Å²) in [5.74, 6) is 1.58. The van der Waals surface area contributed by atoms with Crippen molar-refractivity contribution < 1.29 is 4.79 Å². The number of carbonyl (C=O) groups excluding carboxylic acids is 1. The van der Waals surface area contributed by atoms with Crippen molar-refractivity contribution in [3.63, 3.8) is 0 Å². The highest BCUT2D eigenvalue weighted by molar-refractivity contribution is 14.0. The number of guanidine groups is 1. The molecule has 1 amide bonds. The van der Waals surface area contributed by atoms with Crippen molar-refractivity contribution in [2.45, 2.75) is 31.6 Å². The van der Waals surface area contributed by atoms with E-state index in [0.717, 1.165) is 37.4 Å². The summed E-state index contributed by atoms with van der Waals surface area (Å²) in [5.41, 5.74) is 3.62. The lowest BCUT2D eigenvalue weighted by atomic mass is 10.1. The summed E-state index contributed by atoms with van der Waals surface area (Å²) < 4.78 is 1.93. The van der Waals surface area contributed by atoms with Gasteiger partial charge in [-0.25, -0.2) is 4.99 Å². The first-order valence-corrected chi connectivity index (χ1v) is 11.3. The van der Waals surface area contributed by atoms with E-state index in [9.17, 15) is 4.79 Å². The van der Waals surface area contributed by atoms with Crippen molar-refractivity contribution in [1.82, 2.24) is 25.3 Å². The van der Waals surface area contributed by atoms with Gasteiger partial charge in [0.25, 0.3) is 0 Å². The highest BCUT2D eigenvalue weighted by Gasteiger charge is 2.09. The first-order valence-electron chi connectivity index (χ1n) is 10.3. The first kappa shape index (κ1) is 27.3. The minimum atomic E-state index is -0.0172. The number of nitrogens with zero attached hydrogens (tertiary/aromatic N) is 4. The van der Waals surface area contributed by atoms with E-state index in [1.54, 1.807) is 30.8 Å². The van der Waals surface area contributed by atoms with Crippen LogP contribution >= 0.6 is 35.7 Å². The Morgan fingerprint density at radius 3 is 2.45 bits per heavy atom. The number of carbonyl (C=O) groups is 1. The number of aromatic nitrogens is 2. The van der Waals surface area contributed by atoms with Crippen LogP contribution in [0.5, 0.6) is 0 Å². The number of amides is 1. The zero-order chi connectivity index (χ0) is 21.9. The fraction of sp³-hybridized carbons (Fsp3) is 0.500. The average Bonchev–Trinajstić information content (AvgIpc) is 2.97. The lowest BCUT2D eigenvalue weighted by Crippen LogP contribution is -2.40. The van der Waals surface area contributed by atoms with E-state index in [4.69, 9.17) is 0 Å². The van der Waals surface area contributed by atoms with Gasteiger partial charge >= 0.3 is 0 Å². The van der Waals surface area contributed by atoms with Crippen LogP contribution in [0.3, 0.4) is 0 Å². The molecule has 0 unspecified atom stereocenters. The molecule has 0 aliphatic carbocycles. The Kier molecular flexibility index (Phi) is 12.6. The van der Waals surface area contributed by atoms with Crippen LogP contribution in [0.25, 0.3) is 0 Å². The number of likely N-dealkylation sites (N-methyl/N-ethyl adjacent to an activating group) is 1. The second-order valence-corrected chi connectivity index (χ2v) is 8.51. The molecule has 2 rings (SSSR count). The molecule has 0 aliphatic heterocycles. The summed E-state index contributed by atoms with van der Waals surface area (Å²) >= 11 is 1.79. The predicted octanol–water partition coefficient (Wildman–Crippen LogP) is 3.00. The normalized spacial score (nSPS) is 11.1. The Morgan fingerprint density at radius 2 is 1.84 bits per heavy atom. The number of rotatable bonds is 10. The lowest BCUT2D eigenvalue weighted by molar-refractivity contribution is -0.127. The maximum Gasteiger partial charge on any atom is 0.243 e. The molecule has 7 nitrogen and oxygen atoms in total. The van der Waals surface area contributed by atoms with Gasteiger partial charge < -0.3 is 15.5 Å². The minimum Gasteiger partial charge on any atom is -0.356 e. The van der Waals surface area contributed by atoms with E-state index < -0.39 is 0 Å². The molecule has 31 heavy (non-hydrogen) atoms. The van der Waals surface area contributed by atoms with Crippen molar-refractivity contribution >= 4 is 47.6 Å². The third-order valence-corrected chi connectivity index (χ3v) is 5.85. The Morgan fingerprint density at radius 1 is 1.16 bits per heavy atom. The van der Waals surface area contributed by atoms with Crippen LogP contribution in [-0.4, -0.2) is 66.0 Å². The second kappa shape index (κ2) is 14.3. The van der Waals surface area contributed by atoms with Gasteiger partial charge in [-0.1, -0.05) is 18.2 Å². The standard InChI is InChI=1S/C22H34N6OS.HI/c1-17-20(18(2)28(5)26-17)12-9-13-23-22(25-16-21(29)27(3)4)24-14-15-30-19-10-7-6-8-11-19;/h6-8,10-11H,9,12-16H2,1-5H3,(H2,23,24,25);1H. The molecule has 9 heteroatoms. The van der Waals surface area contributed by atoms with Gasteiger partial charge in [0.05, 0.1) is 5.69 Å². The molecule has 1 aromatic carbocycles. The highest BCUT2D eigenvalue weighted by atomic mass is 127. The number of thioether (sulfide) groups is 1. The number of aryl methyl sites for hydroxylation is 2. The van der Waals surface area contributed by atoms with Gasteiger partial charge in [0.1, 0.15) is 6.54 Å². The molecule has 172 valence electrons. The van der Waals surface area contributed by atoms with Gasteiger partial charge in [0.15, 0.2) is 5.96 Å². The number of halogens is 1. The largest absolute Gasteiger partial charge is 0.356 e. The van der Waals surface area contributed by atoms with Crippen LogP contribution in [0.2, 0.25) is 0 Å². The van der Waals surface area contributed by atoms with Crippen molar-refractivity contribution in [3.8, 4) is 0 Å². The van der Waals surface area contributed by atoms with Crippen molar-refractivity contribution in [2.24, 2.45) is 12.0 Å². The molecule has 0 saturated carbocycles. The van der Waals surface area contributed by atoms with Gasteiger partial charge in [-0.15, -0.1) is 35.7 Å². The third-order valence-electron chi connectivity index (χ3n) is 4.83. The molecular formula is C22H35IN6OS. The summed E-state index contributed by atoms with van der Waals surface area (Å²) in [6, 6.07) is 10.3. The number of benzene rings is 1. The first-order chi connectivity index (χ1) is 14.4. The molecule has 0 saturated heterocycles. The molecule has 0 bridgehead atoms. The van der Waals surface area contributed by atoms with E-state index in [1.165, 1.54) is 16.2 Å². The summed E-state index contributed by atoms with van der Waals surface area (Å²) in [6.45, 7) is 5.84. The van der Waals surface area contributed by atoms with Crippen molar-refractivity contribution in [1.29, 1.82) is 0 Å². The summed E-state index contributed by atoms with van der Waals surface area (Å²) in [4.78, 5) is 19.2. The van der Waals surface area contributed by atoms with E-state index in [1.807, 2.05) is 29.9 Å². The average molecular weight is 559 g/mol. The van der Waals surface area contributed by atoms with Gasteiger partial charge in [-0.2, -0.15) is 5.10 Å². The molecule has 1 heterocycles. The van der Waals surface area contributed by atoms with Crippen LogP contribution in [-0.2, 0) is 18.3 Å². The van der Waals surface area contributed by atoms with E-state index in [-0.39, 0.29) is 36.4 Å². The molecule has 0 spiro atoms. The molecule has 0 fully saturated rings. The maximum absolute atomic E-state index is 11.9. The van der Waals surface area contributed by atoms with Crippen LogP contribution in [0.4, 0.5) is 0 Å². The summed E-state index contributed by atoms with van der Waals surface area (Å²) in [6.07, 6.45) is 1.93. The smallest absolute Gasteiger partial charge is 0.243 e. The Hall–Kier alpha value is -1.75. The second-order valence-electron chi connectivity index (χ2n) is 7.34. The van der Waals surface area contributed by atoms with Crippen molar-refractivity contribution in [3.05, 3.63) is 47.3 Å². The van der Waals surface area contributed by atoms with Gasteiger partial charge in [-0.05, 0) is 44.4 Å². The molecule has 0 aliphatic rings. The zero-order valence-corrected chi connectivity index (χ0v) is 22.3. The van der Waals surface area contributed by atoms with Crippen molar-refractivity contribution in [2.75, 3.05) is 39.5 Å². The predicted molar refractivity (Wildman–Crippen MR) is 141 cm³/mol. The minimum absolute atomic E-state index is 0. The summed E-state index contributed by atoms with van der Waals surface area (Å²) in [5, 5.41) is 11.2. The Balaban J connectivity index is 0.00000480. The Labute approximate surface area is 207 Å². The molecule has 1 aromatic heterocycles. The fourth-order valence-electron chi connectivity index (χ4n) is 2.97. The topological polar surface area (TPSA) is 74.5 Å². The molecule has 2 N–H and O–H groups in total. The molecule has 0 atom stereocenters. The Bertz CT molecular complexity index is 838. The van der Waals surface area contributed by atoms with Gasteiger partial charge in [0.2, 0.25) is 5.91 Å². The zero-order valence-electron chi connectivity index (χ0n) is 19.1. The summed E-state index contributed by atoms with van der Waals surface area (Å²) in [7, 11) is 5.47. The number of hydrogen-bond acceptors (Lipinski definition) is 4. The number of aliphatic imine (C=N–C) groups is 1. The quantitative estimate of drug-likeness (QED) is 0.154.